The monoisotopic (exact) mass is 289 g/mol. The van der Waals surface area contributed by atoms with Crippen LogP contribution in [0.3, 0.4) is 0 Å². The number of rotatable bonds is 5. The van der Waals surface area contributed by atoms with E-state index in [0.717, 1.165) is 0 Å². The van der Waals surface area contributed by atoms with Gasteiger partial charge in [-0.15, -0.1) is 5.10 Å². The second kappa shape index (κ2) is 6.51. The summed E-state index contributed by atoms with van der Waals surface area (Å²) in [5.41, 5.74) is 6.47. The minimum Gasteiger partial charge on any atom is -0.408 e. The van der Waals surface area contributed by atoms with Crippen LogP contribution in [0.4, 0.5) is 16.5 Å². The van der Waals surface area contributed by atoms with E-state index in [4.69, 9.17) is 10.2 Å². The van der Waals surface area contributed by atoms with Crippen molar-refractivity contribution in [2.24, 2.45) is 0 Å². The van der Waals surface area contributed by atoms with Crippen LogP contribution in [0, 0.1) is 0 Å². The molecule has 0 fully saturated rings. The Balaban J connectivity index is 1.77. The summed E-state index contributed by atoms with van der Waals surface area (Å²) < 4.78 is 4.97. The molecule has 110 valence electrons. The fraction of sp³-hybridized carbons (Fsp3) is 0.231. The average Bonchev–Trinajstić information content (AvgIpc) is 2.85. The highest BCUT2D eigenvalue weighted by Crippen LogP contribution is 2.09. The van der Waals surface area contributed by atoms with Crippen molar-refractivity contribution in [3.63, 3.8) is 0 Å². The lowest BCUT2D eigenvalue weighted by molar-refractivity contribution is 0.101. The average molecular weight is 289 g/mol. The van der Waals surface area contributed by atoms with Crippen molar-refractivity contribution >= 4 is 23.5 Å². The molecule has 1 aromatic carbocycles. The van der Waals surface area contributed by atoms with Gasteiger partial charge in [0.2, 0.25) is 5.89 Å². The molecule has 1 heterocycles. The van der Waals surface area contributed by atoms with Crippen LogP contribution in [0.25, 0.3) is 0 Å². The number of Topliss-reactive ketones (excluding diaryl/α,β-unsaturated/α-hetero) is 1. The van der Waals surface area contributed by atoms with Gasteiger partial charge < -0.3 is 20.8 Å². The van der Waals surface area contributed by atoms with Gasteiger partial charge in [0.15, 0.2) is 5.78 Å². The van der Waals surface area contributed by atoms with Crippen molar-refractivity contribution in [1.29, 1.82) is 0 Å². The smallest absolute Gasteiger partial charge is 0.319 e. The van der Waals surface area contributed by atoms with Crippen molar-refractivity contribution in [3.05, 3.63) is 35.7 Å². The maximum atomic E-state index is 11.6. The first-order chi connectivity index (χ1) is 10.0. The van der Waals surface area contributed by atoms with Crippen LogP contribution in [-0.2, 0) is 6.42 Å². The Morgan fingerprint density at radius 2 is 1.95 bits per heavy atom. The van der Waals surface area contributed by atoms with Gasteiger partial charge in [-0.1, -0.05) is 5.10 Å². The molecule has 1 aromatic heterocycles. The summed E-state index contributed by atoms with van der Waals surface area (Å²) in [6.45, 7) is 1.82. The second-order valence-electron chi connectivity index (χ2n) is 4.30. The number of hydrogen-bond donors (Lipinski definition) is 3. The highest BCUT2D eigenvalue weighted by Gasteiger charge is 2.05. The van der Waals surface area contributed by atoms with Gasteiger partial charge in [-0.05, 0) is 31.2 Å². The molecule has 2 amide bonds. The third-order valence-corrected chi connectivity index (χ3v) is 2.66. The summed E-state index contributed by atoms with van der Waals surface area (Å²) in [4.78, 5) is 22.8. The normalized spacial score (nSPS) is 10.1. The van der Waals surface area contributed by atoms with E-state index in [-0.39, 0.29) is 17.8 Å². The maximum absolute atomic E-state index is 11.6. The first kappa shape index (κ1) is 14.5. The van der Waals surface area contributed by atoms with Crippen molar-refractivity contribution in [1.82, 2.24) is 15.5 Å². The number of nitrogen functional groups attached to an aromatic ring is 1. The molecule has 0 spiro atoms. The van der Waals surface area contributed by atoms with Crippen LogP contribution in [0.2, 0.25) is 0 Å². The molecule has 0 unspecified atom stereocenters. The number of carbonyl (C=O) groups is 2. The van der Waals surface area contributed by atoms with E-state index < -0.39 is 0 Å². The van der Waals surface area contributed by atoms with Gasteiger partial charge in [-0.25, -0.2) is 4.79 Å². The number of nitrogens with two attached hydrogens (primary N) is 1. The van der Waals surface area contributed by atoms with E-state index in [2.05, 4.69) is 20.8 Å². The predicted molar refractivity (Wildman–Crippen MR) is 75.9 cm³/mol. The van der Waals surface area contributed by atoms with E-state index in [9.17, 15) is 9.59 Å². The van der Waals surface area contributed by atoms with Gasteiger partial charge in [0, 0.05) is 24.2 Å². The van der Waals surface area contributed by atoms with Gasteiger partial charge in [0.05, 0.1) is 0 Å². The second-order valence-corrected chi connectivity index (χ2v) is 4.30. The van der Waals surface area contributed by atoms with E-state index >= 15 is 0 Å². The fourth-order valence-corrected chi connectivity index (χ4v) is 1.61. The van der Waals surface area contributed by atoms with Gasteiger partial charge in [0.1, 0.15) is 0 Å². The maximum Gasteiger partial charge on any atom is 0.319 e. The van der Waals surface area contributed by atoms with Crippen molar-refractivity contribution in [2.75, 3.05) is 17.6 Å². The lowest BCUT2D eigenvalue weighted by atomic mass is 10.1. The molecule has 0 radical (unpaired) electrons. The summed E-state index contributed by atoms with van der Waals surface area (Å²) in [5, 5.41) is 12.5. The minimum absolute atomic E-state index is 0.0000117. The molecule has 0 atom stereocenters. The lowest BCUT2D eigenvalue weighted by Crippen LogP contribution is -2.30. The molecule has 8 nitrogen and oxygen atoms in total. The largest absolute Gasteiger partial charge is 0.408 e. The first-order valence-corrected chi connectivity index (χ1v) is 6.28. The van der Waals surface area contributed by atoms with E-state index in [1.807, 2.05) is 0 Å². The molecule has 2 rings (SSSR count). The molecule has 0 aliphatic heterocycles. The predicted octanol–water partition coefficient (Wildman–Crippen LogP) is 1.22. The summed E-state index contributed by atoms with van der Waals surface area (Å²) >= 11 is 0. The molecule has 8 heteroatoms. The Bertz CT molecular complexity index is 636. The number of hydrogen-bond acceptors (Lipinski definition) is 6. The van der Waals surface area contributed by atoms with Gasteiger partial charge in [-0.3, -0.25) is 4.79 Å². The number of ketones is 1. The van der Waals surface area contributed by atoms with Crippen LogP contribution in [-0.4, -0.2) is 28.6 Å². The lowest BCUT2D eigenvalue weighted by Gasteiger charge is -2.07. The van der Waals surface area contributed by atoms with Crippen LogP contribution < -0.4 is 16.4 Å². The van der Waals surface area contributed by atoms with Crippen molar-refractivity contribution in [2.45, 2.75) is 13.3 Å². The van der Waals surface area contributed by atoms with Crippen LogP contribution >= 0.6 is 0 Å². The Kier molecular flexibility index (Phi) is 4.50. The molecule has 0 aliphatic rings. The van der Waals surface area contributed by atoms with E-state index in [1.54, 1.807) is 24.3 Å². The Labute approximate surface area is 120 Å². The van der Waals surface area contributed by atoms with Crippen molar-refractivity contribution in [3.8, 4) is 0 Å². The molecule has 0 bridgehead atoms. The molecule has 2 aromatic rings. The summed E-state index contributed by atoms with van der Waals surface area (Å²) in [6, 6.07) is 6.26. The first-order valence-electron chi connectivity index (χ1n) is 6.28. The quantitative estimate of drug-likeness (QED) is 0.711. The molecular formula is C13H15N5O3. The molecular weight excluding hydrogens is 274 g/mol. The molecule has 4 N–H and O–H groups in total. The number of anilines is 2. The number of aromatic nitrogens is 2. The Morgan fingerprint density at radius 3 is 2.52 bits per heavy atom. The van der Waals surface area contributed by atoms with Crippen LogP contribution in [0.15, 0.2) is 28.7 Å². The van der Waals surface area contributed by atoms with Gasteiger partial charge >= 0.3 is 12.0 Å². The number of amides is 2. The zero-order chi connectivity index (χ0) is 15.2. The third kappa shape index (κ3) is 4.30. The van der Waals surface area contributed by atoms with E-state index in [1.165, 1.54) is 6.92 Å². The number of benzene rings is 1. The summed E-state index contributed by atoms with van der Waals surface area (Å²) in [7, 11) is 0. The highest BCUT2D eigenvalue weighted by atomic mass is 16.4. The third-order valence-electron chi connectivity index (χ3n) is 2.66. The van der Waals surface area contributed by atoms with Gasteiger partial charge in [-0.2, -0.15) is 0 Å². The zero-order valence-electron chi connectivity index (χ0n) is 11.4. The van der Waals surface area contributed by atoms with Crippen molar-refractivity contribution < 1.29 is 14.0 Å². The summed E-state index contributed by atoms with van der Waals surface area (Å²) in [5.74, 6) is 0.337. The Hall–Kier alpha value is -2.90. The topological polar surface area (TPSA) is 123 Å². The fourth-order valence-electron chi connectivity index (χ4n) is 1.61. The molecule has 0 saturated carbocycles. The molecule has 0 saturated heterocycles. The number of carbonyl (C=O) groups excluding carboxylic acids is 2. The summed E-state index contributed by atoms with van der Waals surface area (Å²) in [6.07, 6.45) is 0.390. The zero-order valence-corrected chi connectivity index (χ0v) is 11.4. The molecule has 0 aliphatic carbocycles. The van der Waals surface area contributed by atoms with Crippen LogP contribution in [0.5, 0.6) is 0 Å². The Morgan fingerprint density at radius 1 is 1.24 bits per heavy atom. The van der Waals surface area contributed by atoms with Gasteiger partial charge in [0.25, 0.3) is 0 Å². The number of nitrogens with zero attached hydrogens (tertiary/aromatic N) is 2. The highest BCUT2D eigenvalue weighted by molar-refractivity contribution is 5.95. The number of urea groups is 1. The standard InChI is InChI=1S/C13H15N5O3/c1-8(19)9-2-4-10(5-3-9)16-13(20)15-7-6-11-17-18-12(14)21-11/h2-5H,6-7H2,1H3,(H2,14,18)(H2,15,16,20). The SMILES string of the molecule is CC(=O)c1ccc(NC(=O)NCCc2nnc(N)o2)cc1. The van der Waals surface area contributed by atoms with Crippen LogP contribution in [0.1, 0.15) is 23.2 Å². The minimum atomic E-state index is -0.363. The molecule has 21 heavy (non-hydrogen) atoms. The number of nitrogens with one attached hydrogen (secondary N) is 2. The van der Waals surface area contributed by atoms with E-state index in [0.29, 0.717) is 30.1 Å².